The van der Waals surface area contributed by atoms with Gasteiger partial charge in [0.2, 0.25) is 0 Å². The highest BCUT2D eigenvalue weighted by molar-refractivity contribution is 7.93. The summed E-state index contributed by atoms with van der Waals surface area (Å²) in [7, 11) is -8.01. The maximum absolute atomic E-state index is 13.0. The van der Waals surface area contributed by atoms with E-state index in [0.29, 0.717) is 27.6 Å². The molecule has 39 heavy (non-hydrogen) atoms. The molecule has 4 aromatic rings. The number of anilines is 3. The van der Waals surface area contributed by atoms with Crippen molar-refractivity contribution in [3.8, 4) is 0 Å². The van der Waals surface area contributed by atoms with E-state index in [2.05, 4.69) is 14.8 Å². The van der Waals surface area contributed by atoms with Crippen LogP contribution in [0.2, 0.25) is 10.0 Å². The van der Waals surface area contributed by atoms with E-state index < -0.39 is 26.0 Å². The number of carbonyl (C=O) groups excluding carboxylic acids is 1. The number of halogens is 2. The SMILES string of the molecule is Cc1ccc(Cl)cc1NS(=O)(=O)c1ccc(NC(=O)c2ccc(Cl)c(S(=O)(=O)Nc3ccccc3C)c2)cc1. The van der Waals surface area contributed by atoms with E-state index in [-0.39, 0.29) is 20.4 Å². The normalized spacial score (nSPS) is 11.6. The second-order valence-electron chi connectivity index (χ2n) is 8.61. The summed E-state index contributed by atoms with van der Waals surface area (Å²) in [6, 6.07) is 21.1. The van der Waals surface area contributed by atoms with Gasteiger partial charge >= 0.3 is 0 Å². The van der Waals surface area contributed by atoms with E-state index in [1.54, 1.807) is 50.2 Å². The van der Waals surface area contributed by atoms with Crippen LogP contribution in [0.1, 0.15) is 21.5 Å². The molecule has 0 saturated heterocycles. The third kappa shape index (κ3) is 6.72. The lowest BCUT2D eigenvalue weighted by Gasteiger charge is -2.13. The van der Waals surface area contributed by atoms with Crippen LogP contribution in [0, 0.1) is 13.8 Å². The Morgan fingerprint density at radius 1 is 0.692 bits per heavy atom. The zero-order valence-electron chi connectivity index (χ0n) is 20.7. The molecule has 8 nitrogen and oxygen atoms in total. The Bertz CT molecular complexity index is 1780. The van der Waals surface area contributed by atoms with Crippen LogP contribution in [0.5, 0.6) is 0 Å². The minimum atomic E-state index is -4.09. The first-order valence-corrected chi connectivity index (χ1v) is 15.2. The molecule has 0 aromatic heterocycles. The van der Waals surface area contributed by atoms with Crippen LogP contribution in [0.15, 0.2) is 94.7 Å². The van der Waals surface area contributed by atoms with Gasteiger partial charge in [0.1, 0.15) is 4.90 Å². The van der Waals surface area contributed by atoms with Crippen molar-refractivity contribution in [2.45, 2.75) is 23.6 Å². The quantitative estimate of drug-likeness (QED) is 0.213. The number of aryl methyl sites for hydroxylation is 2. The summed E-state index contributed by atoms with van der Waals surface area (Å²) < 4.78 is 56.7. The molecule has 4 rings (SSSR count). The summed E-state index contributed by atoms with van der Waals surface area (Å²) in [6.07, 6.45) is 0. The molecule has 0 aliphatic carbocycles. The molecule has 1 amide bonds. The van der Waals surface area contributed by atoms with Crippen molar-refractivity contribution in [3.05, 3.63) is 112 Å². The fraction of sp³-hybridized carbons (Fsp3) is 0.0741. The van der Waals surface area contributed by atoms with Crippen LogP contribution in [0.25, 0.3) is 0 Å². The molecule has 0 saturated carbocycles. The minimum absolute atomic E-state index is 0.0259. The van der Waals surface area contributed by atoms with E-state index >= 15 is 0 Å². The van der Waals surface area contributed by atoms with Gasteiger partial charge in [-0.2, -0.15) is 0 Å². The van der Waals surface area contributed by atoms with Gasteiger partial charge in [0.05, 0.1) is 21.3 Å². The van der Waals surface area contributed by atoms with Gasteiger partial charge in [0.15, 0.2) is 0 Å². The Labute approximate surface area is 237 Å². The van der Waals surface area contributed by atoms with Gasteiger partial charge in [-0.25, -0.2) is 16.8 Å². The van der Waals surface area contributed by atoms with Gasteiger partial charge in [-0.3, -0.25) is 14.2 Å². The lowest BCUT2D eigenvalue weighted by Crippen LogP contribution is -2.17. The topological polar surface area (TPSA) is 121 Å². The summed E-state index contributed by atoms with van der Waals surface area (Å²) in [5, 5.41) is 2.97. The molecule has 0 fully saturated rings. The molecule has 3 N–H and O–H groups in total. The lowest BCUT2D eigenvalue weighted by atomic mass is 10.2. The van der Waals surface area contributed by atoms with Crippen molar-refractivity contribution in [1.29, 1.82) is 0 Å². The minimum Gasteiger partial charge on any atom is -0.322 e. The lowest BCUT2D eigenvalue weighted by molar-refractivity contribution is 0.102. The molecule has 0 heterocycles. The zero-order valence-corrected chi connectivity index (χ0v) is 23.8. The summed E-state index contributed by atoms with van der Waals surface area (Å²) in [4.78, 5) is 12.6. The van der Waals surface area contributed by atoms with E-state index in [1.165, 1.54) is 48.5 Å². The van der Waals surface area contributed by atoms with Crippen LogP contribution in [0.3, 0.4) is 0 Å². The second kappa shape index (κ2) is 11.3. The highest BCUT2D eigenvalue weighted by atomic mass is 35.5. The second-order valence-corrected chi connectivity index (χ2v) is 12.8. The van der Waals surface area contributed by atoms with Crippen LogP contribution in [-0.4, -0.2) is 22.7 Å². The van der Waals surface area contributed by atoms with Gasteiger partial charge in [-0.05, 0) is 85.6 Å². The van der Waals surface area contributed by atoms with E-state index in [0.717, 1.165) is 5.56 Å². The van der Waals surface area contributed by atoms with Crippen molar-refractivity contribution in [2.75, 3.05) is 14.8 Å². The highest BCUT2D eigenvalue weighted by Gasteiger charge is 2.22. The molecule has 0 spiro atoms. The fourth-order valence-electron chi connectivity index (χ4n) is 3.57. The van der Waals surface area contributed by atoms with Gasteiger partial charge < -0.3 is 5.32 Å². The largest absolute Gasteiger partial charge is 0.322 e. The predicted octanol–water partition coefficient (Wildman–Crippen LogP) is 6.46. The van der Waals surface area contributed by atoms with Crippen molar-refractivity contribution >= 4 is 66.2 Å². The summed E-state index contributed by atoms with van der Waals surface area (Å²) >= 11 is 12.1. The third-order valence-corrected chi connectivity index (χ3v) is 9.20. The fourth-order valence-corrected chi connectivity index (χ4v) is 6.52. The Balaban J connectivity index is 1.51. The molecule has 0 unspecified atom stereocenters. The number of nitrogens with one attached hydrogen (secondary N) is 3. The van der Waals surface area contributed by atoms with Crippen LogP contribution >= 0.6 is 23.2 Å². The maximum Gasteiger partial charge on any atom is 0.263 e. The predicted molar refractivity (Wildman–Crippen MR) is 155 cm³/mol. The van der Waals surface area contributed by atoms with Gasteiger partial charge in [0.25, 0.3) is 26.0 Å². The molecule has 0 bridgehead atoms. The van der Waals surface area contributed by atoms with Crippen LogP contribution < -0.4 is 14.8 Å². The standard InChI is InChI=1S/C27H23Cl2N3O5S2/c1-17-5-3-4-6-24(17)31-39(36,37)26-15-19(8-14-23(26)29)27(33)30-21-10-12-22(13-11-21)38(34,35)32-25-16-20(28)9-7-18(25)2/h3-16,31-32H,1-2H3,(H,30,33). The van der Waals surface area contributed by atoms with Gasteiger partial charge in [-0.15, -0.1) is 0 Å². The van der Waals surface area contributed by atoms with Crippen molar-refractivity contribution in [1.82, 2.24) is 0 Å². The molecule has 12 heteroatoms. The monoisotopic (exact) mass is 603 g/mol. The molecular weight excluding hydrogens is 581 g/mol. The number of para-hydroxylation sites is 1. The zero-order chi connectivity index (χ0) is 28.4. The number of hydrogen-bond acceptors (Lipinski definition) is 5. The Kier molecular flexibility index (Phi) is 8.22. The highest BCUT2D eigenvalue weighted by Crippen LogP contribution is 2.27. The van der Waals surface area contributed by atoms with E-state index in [4.69, 9.17) is 23.2 Å². The Hall–Kier alpha value is -3.57. The first kappa shape index (κ1) is 28.4. The number of sulfonamides is 2. The summed E-state index contributed by atoms with van der Waals surface area (Å²) in [6.45, 7) is 3.51. The average molecular weight is 605 g/mol. The Morgan fingerprint density at radius 3 is 2.03 bits per heavy atom. The number of carbonyl (C=O) groups is 1. The molecular formula is C27H23Cl2N3O5S2. The Morgan fingerprint density at radius 2 is 1.33 bits per heavy atom. The summed E-state index contributed by atoms with van der Waals surface area (Å²) in [5.41, 5.74) is 2.50. The molecule has 4 aromatic carbocycles. The first-order valence-electron chi connectivity index (χ1n) is 11.4. The first-order chi connectivity index (χ1) is 18.4. The third-order valence-electron chi connectivity index (χ3n) is 5.74. The summed E-state index contributed by atoms with van der Waals surface area (Å²) in [5.74, 6) is -0.609. The molecule has 0 atom stereocenters. The smallest absolute Gasteiger partial charge is 0.263 e. The van der Waals surface area contributed by atoms with Crippen molar-refractivity contribution < 1.29 is 21.6 Å². The number of amides is 1. The molecule has 0 radical (unpaired) electrons. The van der Waals surface area contributed by atoms with E-state index in [1.807, 2.05) is 0 Å². The van der Waals surface area contributed by atoms with E-state index in [9.17, 15) is 21.6 Å². The van der Waals surface area contributed by atoms with Crippen molar-refractivity contribution in [2.24, 2.45) is 0 Å². The molecule has 0 aliphatic heterocycles. The molecule has 202 valence electrons. The average Bonchev–Trinajstić information content (AvgIpc) is 2.88. The van der Waals surface area contributed by atoms with Crippen LogP contribution in [-0.2, 0) is 20.0 Å². The van der Waals surface area contributed by atoms with Crippen molar-refractivity contribution in [3.63, 3.8) is 0 Å². The number of hydrogen-bond donors (Lipinski definition) is 3. The van der Waals surface area contributed by atoms with Crippen LogP contribution in [0.4, 0.5) is 17.1 Å². The van der Waals surface area contributed by atoms with Gasteiger partial charge in [0, 0.05) is 16.3 Å². The molecule has 0 aliphatic rings. The maximum atomic E-state index is 13.0. The number of rotatable bonds is 8. The van der Waals surface area contributed by atoms with Gasteiger partial charge in [-0.1, -0.05) is 47.5 Å². The number of benzene rings is 4.